The standard InChI is InChI=1S/C14H14BrNO2/c15-13-8-12(9-16-17)6-7-14(13)18-10-11-4-2-1-3-5-11/h1-8,16-17H,9-10H2. The summed E-state index contributed by atoms with van der Waals surface area (Å²) < 4.78 is 6.61. The van der Waals surface area contributed by atoms with E-state index in [1.54, 1.807) is 0 Å². The topological polar surface area (TPSA) is 41.5 Å². The van der Waals surface area contributed by atoms with E-state index in [1.807, 2.05) is 48.5 Å². The van der Waals surface area contributed by atoms with Crippen LogP contribution in [0.4, 0.5) is 0 Å². The van der Waals surface area contributed by atoms with Gasteiger partial charge in [0, 0.05) is 6.54 Å². The van der Waals surface area contributed by atoms with E-state index in [9.17, 15) is 0 Å². The summed E-state index contributed by atoms with van der Waals surface area (Å²) in [6, 6.07) is 15.7. The average Bonchev–Trinajstić information content (AvgIpc) is 2.39. The largest absolute Gasteiger partial charge is 0.488 e. The summed E-state index contributed by atoms with van der Waals surface area (Å²) in [4.78, 5) is 0. The van der Waals surface area contributed by atoms with Crippen LogP contribution < -0.4 is 10.2 Å². The number of nitrogens with one attached hydrogen (secondary N) is 1. The molecule has 18 heavy (non-hydrogen) atoms. The zero-order valence-corrected chi connectivity index (χ0v) is 11.4. The maximum Gasteiger partial charge on any atom is 0.134 e. The maximum atomic E-state index is 8.64. The summed E-state index contributed by atoms with van der Waals surface area (Å²) in [6.45, 7) is 0.953. The molecule has 0 radical (unpaired) electrons. The van der Waals surface area contributed by atoms with Gasteiger partial charge in [-0.25, -0.2) is 5.48 Å². The van der Waals surface area contributed by atoms with Gasteiger partial charge in [0.2, 0.25) is 0 Å². The summed E-state index contributed by atoms with van der Waals surface area (Å²) in [5, 5.41) is 8.64. The molecule has 0 aliphatic carbocycles. The van der Waals surface area contributed by atoms with Gasteiger partial charge in [0.25, 0.3) is 0 Å². The summed E-state index contributed by atoms with van der Waals surface area (Å²) in [5.74, 6) is 0.792. The Morgan fingerprint density at radius 2 is 1.83 bits per heavy atom. The highest BCUT2D eigenvalue weighted by Crippen LogP contribution is 2.26. The number of hydroxylamine groups is 1. The molecule has 3 nitrogen and oxygen atoms in total. The maximum absolute atomic E-state index is 8.64. The highest BCUT2D eigenvalue weighted by Gasteiger charge is 2.03. The lowest BCUT2D eigenvalue weighted by Crippen LogP contribution is -2.06. The highest BCUT2D eigenvalue weighted by atomic mass is 79.9. The Hall–Kier alpha value is -1.36. The molecule has 0 aliphatic rings. The van der Waals surface area contributed by atoms with E-state index in [0.29, 0.717) is 13.2 Å². The van der Waals surface area contributed by atoms with Crippen molar-refractivity contribution in [2.75, 3.05) is 0 Å². The Morgan fingerprint density at radius 3 is 2.50 bits per heavy atom. The van der Waals surface area contributed by atoms with Gasteiger partial charge in [0.1, 0.15) is 12.4 Å². The number of rotatable bonds is 5. The van der Waals surface area contributed by atoms with Crippen molar-refractivity contribution < 1.29 is 9.94 Å². The van der Waals surface area contributed by atoms with E-state index in [0.717, 1.165) is 21.3 Å². The minimum absolute atomic E-state index is 0.414. The number of halogens is 1. The molecule has 2 aromatic carbocycles. The Kier molecular flexibility index (Phi) is 4.75. The third-order valence-corrected chi connectivity index (χ3v) is 3.14. The van der Waals surface area contributed by atoms with Crippen molar-refractivity contribution >= 4 is 15.9 Å². The molecule has 0 spiro atoms. The van der Waals surface area contributed by atoms with Crippen LogP contribution in [0.2, 0.25) is 0 Å². The number of hydrogen-bond acceptors (Lipinski definition) is 3. The van der Waals surface area contributed by atoms with Gasteiger partial charge in [-0.2, -0.15) is 0 Å². The molecule has 2 N–H and O–H groups in total. The Balaban J connectivity index is 2.01. The number of benzene rings is 2. The van der Waals surface area contributed by atoms with Crippen molar-refractivity contribution in [3.05, 3.63) is 64.1 Å². The second-order valence-corrected chi connectivity index (χ2v) is 4.73. The normalized spacial score (nSPS) is 10.3. The number of hydrogen-bond donors (Lipinski definition) is 2. The molecule has 4 heteroatoms. The molecule has 2 aromatic rings. The van der Waals surface area contributed by atoms with Crippen LogP contribution in [0.3, 0.4) is 0 Å². The summed E-state index contributed by atoms with van der Waals surface area (Å²) in [7, 11) is 0. The van der Waals surface area contributed by atoms with Crippen LogP contribution in [0, 0.1) is 0 Å². The fourth-order valence-corrected chi connectivity index (χ4v) is 2.14. The number of ether oxygens (including phenoxy) is 1. The molecular formula is C14H14BrNO2. The molecule has 0 saturated carbocycles. The van der Waals surface area contributed by atoms with Crippen molar-refractivity contribution in [1.29, 1.82) is 0 Å². The monoisotopic (exact) mass is 307 g/mol. The van der Waals surface area contributed by atoms with E-state index in [1.165, 1.54) is 0 Å². The lowest BCUT2D eigenvalue weighted by molar-refractivity contribution is 0.161. The fourth-order valence-electron chi connectivity index (χ4n) is 1.60. The van der Waals surface area contributed by atoms with Gasteiger partial charge in [-0.3, -0.25) is 0 Å². The minimum atomic E-state index is 0.414. The van der Waals surface area contributed by atoms with Crippen LogP contribution in [-0.2, 0) is 13.2 Å². The Bertz CT molecular complexity index is 502. The molecule has 0 heterocycles. The molecule has 0 atom stereocenters. The van der Waals surface area contributed by atoms with Gasteiger partial charge in [0.05, 0.1) is 4.47 Å². The van der Waals surface area contributed by atoms with Crippen molar-refractivity contribution in [2.45, 2.75) is 13.2 Å². The van der Waals surface area contributed by atoms with Crippen LogP contribution in [0.1, 0.15) is 11.1 Å². The van der Waals surface area contributed by atoms with Crippen LogP contribution in [0.5, 0.6) is 5.75 Å². The first kappa shape index (κ1) is 13.1. The summed E-state index contributed by atoms with van der Waals surface area (Å²) in [5.41, 5.74) is 4.24. The smallest absolute Gasteiger partial charge is 0.134 e. The van der Waals surface area contributed by atoms with Gasteiger partial charge in [-0.05, 0) is 39.2 Å². The lowest BCUT2D eigenvalue weighted by Gasteiger charge is -2.09. The van der Waals surface area contributed by atoms with E-state index in [2.05, 4.69) is 21.4 Å². The third-order valence-electron chi connectivity index (χ3n) is 2.52. The second-order valence-electron chi connectivity index (χ2n) is 3.87. The van der Waals surface area contributed by atoms with E-state index < -0.39 is 0 Å². The van der Waals surface area contributed by atoms with Gasteiger partial charge in [-0.1, -0.05) is 36.4 Å². The minimum Gasteiger partial charge on any atom is -0.488 e. The van der Waals surface area contributed by atoms with E-state index >= 15 is 0 Å². The molecular weight excluding hydrogens is 294 g/mol. The molecule has 2 rings (SSSR count). The van der Waals surface area contributed by atoms with Crippen LogP contribution in [0.25, 0.3) is 0 Å². The molecule has 94 valence electrons. The first-order chi connectivity index (χ1) is 8.79. The zero-order chi connectivity index (χ0) is 12.8. The van der Waals surface area contributed by atoms with Crippen LogP contribution >= 0.6 is 15.9 Å². The van der Waals surface area contributed by atoms with Gasteiger partial charge >= 0.3 is 0 Å². The van der Waals surface area contributed by atoms with Crippen molar-refractivity contribution in [1.82, 2.24) is 5.48 Å². The molecule has 0 bridgehead atoms. The van der Waals surface area contributed by atoms with Gasteiger partial charge in [-0.15, -0.1) is 0 Å². The average molecular weight is 308 g/mol. The predicted octanol–water partition coefficient (Wildman–Crippen LogP) is 3.51. The molecule has 0 saturated heterocycles. The quantitative estimate of drug-likeness (QED) is 0.831. The van der Waals surface area contributed by atoms with E-state index in [-0.39, 0.29) is 0 Å². The van der Waals surface area contributed by atoms with E-state index in [4.69, 9.17) is 9.94 Å². The Morgan fingerprint density at radius 1 is 1.06 bits per heavy atom. The molecule has 0 aliphatic heterocycles. The summed E-state index contributed by atoms with van der Waals surface area (Å²) in [6.07, 6.45) is 0. The van der Waals surface area contributed by atoms with Crippen molar-refractivity contribution in [2.24, 2.45) is 0 Å². The molecule has 0 unspecified atom stereocenters. The van der Waals surface area contributed by atoms with Gasteiger partial charge in [0.15, 0.2) is 0 Å². The first-order valence-corrected chi connectivity index (χ1v) is 6.41. The SMILES string of the molecule is ONCc1ccc(OCc2ccccc2)c(Br)c1. The molecule has 0 aromatic heterocycles. The highest BCUT2D eigenvalue weighted by molar-refractivity contribution is 9.10. The Labute approximate surface area is 114 Å². The lowest BCUT2D eigenvalue weighted by atomic mass is 10.2. The fraction of sp³-hybridized carbons (Fsp3) is 0.143. The third kappa shape index (κ3) is 3.57. The second kappa shape index (κ2) is 6.54. The molecule has 0 amide bonds. The van der Waals surface area contributed by atoms with Crippen molar-refractivity contribution in [3.63, 3.8) is 0 Å². The predicted molar refractivity (Wildman–Crippen MR) is 73.5 cm³/mol. The summed E-state index contributed by atoms with van der Waals surface area (Å²) >= 11 is 3.46. The van der Waals surface area contributed by atoms with Crippen LogP contribution in [-0.4, -0.2) is 5.21 Å². The van der Waals surface area contributed by atoms with Gasteiger partial charge < -0.3 is 9.94 Å². The van der Waals surface area contributed by atoms with Crippen LogP contribution in [0.15, 0.2) is 53.0 Å². The molecule has 0 fully saturated rings. The van der Waals surface area contributed by atoms with Crippen molar-refractivity contribution in [3.8, 4) is 5.75 Å². The zero-order valence-electron chi connectivity index (χ0n) is 9.77. The first-order valence-electron chi connectivity index (χ1n) is 5.61.